The molecular formula is C15H13N5OS3. The van der Waals surface area contributed by atoms with E-state index in [0.717, 1.165) is 51.5 Å². The molecule has 0 aliphatic carbocycles. The Kier molecular flexibility index (Phi) is 3.32. The third-order valence-electron chi connectivity index (χ3n) is 4.21. The largest absolute Gasteiger partial charge is 0.345 e. The number of thiophene rings is 1. The molecule has 0 N–H and O–H groups in total. The van der Waals surface area contributed by atoms with Crippen molar-refractivity contribution in [2.75, 3.05) is 31.1 Å². The highest BCUT2D eigenvalue weighted by Gasteiger charge is 2.25. The fourth-order valence-corrected chi connectivity index (χ4v) is 5.45. The maximum atomic E-state index is 12.8. The molecule has 9 heteroatoms. The standard InChI is InChI=1S/C15H13N5OS3/c21-13(18-2-4-19(5-3-18)14-16-1-7-22-14)11-9-10-12(24-11)17-15-20(10)6-8-23-15/h1,6-9H,2-5H2. The van der Waals surface area contributed by atoms with Crippen LogP contribution in [0.3, 0.4) is 0 Å². The molecule has 0 saturated carbocycles. The lowest BCUT2D eigenvalue weighted by Gasteiger charge is -2.34. The summed E-state index contributed by atoms with van der Waals surface area (Å²) >= 11 is 4.74. The number of anilines is 1. The first-order valence-corrected chi connectivity index (χ1v) is 10.2. The van der Waals surface area contributed by atoms with Crippen LogP contribution in [0.4, 0.5) is 5.13 Å². The van der Waals surface area contributed by atoms with Crippen molar-refractivity contribution in [3.05, 3.63) is 34.1 Å². The average Bonchev–Trinajstić information content (AvgIpc) is 3.36. The van der Waals surface area contributed by atoms with Crippen LogP contribution in [0.2, 0.25) is 0 Å². The van der Waals surface area contributed by atoms with Crippen LogP contribution in [0.25, 0.3) is 15.3 Å². The molecule has 5 rings (SSSR count). The molecule has 4 aromatic rings. The molecular weight excluding hydrogens is 362 g/mol. The number of hydrogen-bond donors (Lipinski definition) is 0. The minimum atomic E-state index is 0.112. The highest BCUT2D eigenvalue weighted by molar-refractivity contribution is 7.21. The van der Waals surface area contributed by atoms with E-state index in [9.17, 15) is 4.79 Å². The second kappa shape index (κ2) is 5.54. The van der Waals surface area contributed by atoms with E-state index in [2.05, 4.69) is 14.9 Å². The van der Waals surface area contributed by atoms with Gasteiger partial charge in [0.1, 0.15) is 4.83 Å². The van der Waals surface area contributed by atoms with Crippen molar-refractivity contribution < 1.29 is 4.79 Å². The molecule has 0 radical (unpaired) electrons. The number of fused-ring (bicyclic) bond motifs is 3. The Morgan fingerprint density at radius 3 is 2.79 bits per heavy atom. The van der Waals surface area contributed by atoms with E-state index in [1.165, 1.54) is 11.3 Å². The van der Waals surface area contributed by atoms with Crippen molar-refractivity contribution in [2.45, 2.75) is 0 Å². The third kappa shape index (κ3) is 2.23. The summed E-state index contributed by atoms with van der Waals surface area (Å²) in [5, 5.41) is 5.04. The average molecular weight is 376 g/mol. The Morgan fingerprint density at radius 2 is 2.00 bits per heavy atom. The summed E-state index contributed by atoms with van der Waals surface area (Å²) in [5.41, 5.74) is 1.03. The quantitative estimate of drug-likeness (QED) is 0.540. The van der Waals surface area contributed by atoms with Crippen molar-refractivity contribution >= 4 is 60.4 Å². The summed E-state index contributed by atoms with van der Waals surface area (Å²) in [7, 11) is 0. The van der Waals surface area contributed by atoms with Crippen LogP contribution in [0.1, 0.15) is 9.67 Å². The first-order valence-electron chi connectivity index (χ1n) is 7.58. The van der Waals surface area contributed by atoms with Crippen molar-refractivity contribution in [3.8, 4) is 0 Å². The summed E-state index contributed by atoms with van der Waals surface area (Å²) < 4.78 is 2.05. The number of hydrogen-bond acceptors (Lipinski definition) is 7. The molecule has 5 heterocycles. The van der Waals surface area contributed by atoms with E-state index in [1.54, 1.807) is 22.7 Å². The van der Waals surface area contributed by atoms with Crippen LogP contribution >= 0.6 is 34.0 Å². The lowest BCUT2D eigenvalue weighted by atomic mass is 10.3. The molecule has 122 valence electrons. The van der Waals surface area contributed by atoms with Gasteiger partial charge in [0, 0.05) is 49.3 Å². The molecule has 1 amide bonds. The van der Waals surface area contributed by atoms with Crippen LogP contribution in [-0.2, 0) is 0 Å². The van der Waals surface area contributed by atoms with Gasteiger partial charge in [0.15, 0.2) is 10.1 Å². The SMILES string of the molecule is O=C(c1cc2c(nc3sccn32)s1)N1CCN(c2nccs2)CC1. The molecule has 1 saturated heterocycles. The molecule has 0 unspecified atom stereocenters. The highest BCUT2D eigenvalue weighted by atomic mass is 32.1. The van der Waals surface area contributed by atoms with Crippen LogP contribution in [0.15, 0.2) is 29.2 Å². The van der Waals surface area contributed by atoms with Crippen LogP contribution < -0.4 is 4.90 Å². The second-order valence-corrected chi connectivity index (χ2v) is 8.34. The van der Waals surface area contributed by atoms with Crippen LogP contribution in [0, 0.1) is 0 Å². The molecule has 1 aliphatic heterocycles. The number of aromatic nitrogens is 3. The summed E-state index contributed by atoms with van der Waals surface area (Å²) in [5.74, 6) is 0.112. The first-order chi connectivity index (χ1) is 11.8. The number of carbonyl (C=O) groups is 1. The summed E-state index contributed by atoms with van der Waals surface area (Å²) in [6.45, 7) is 3.13. The number of carbonyl (C=O) groups excluding carboxylic acids is 1. The molecule has 1 fully saturated rings. The minimum absolute atomic E-state index is 0.112. The molecule has 6 nitrogen and oxygen atoms in total. The van der Waals surface area contributed by atoms with Crippen molar-refractivity contribution in [3.63, 3.8) is 0 Å². The van der Waals surface area contributed by atoms with E-state index in [1.807, 2.05) is 38.5 Å². The second-order valence-electron chi connectivity index (χ2n) is 5.56. The number of piperazine rings is 1. The number of amides is 1. The number of rotatable bonds is 2. The molecule has 0 aromatic carbocycles. The zero-order chi connectivity index (χ0) is 16.1. The van der Waals surface area contributed by atoms with Crippen molar-refractivity contribution in [2.24, 2.45) is 0 Å². The molecule has 24 heavy (non-hydrogen) atoms. The van der Waals surface area contributed by atoms with Crippen molar-refractivity contribution in [1.29, 1.82) is 0 Å². The fourth-order valence-electron chi connectivity index (χ4n) is 2.98. The Balaban J connectivity index is 1.35. The maximum Gasteiger partial charge on any atom is 0.264 e. The molecule has 0 atom stereocenters. The molecule has 0 spiro atoms. The van der Waals surface area contributed by atoms with Crippen LogP contribution in [0.5, 0.6) is 0 Å². The normalized spacial score (nSPS) is 15.7. The van der Waals surface area contributed by atoms with Gasteiger partial charge in [-0.25, -0.2) is 9.97 Å². The van der Waals surface area contributed by atoms with Gasteiger partial charge in [-0.2, -0.15) is 0 Å². The summed E-state index contributed by atoms with van der Waals surface area (Å²) in [4.78, 5) is 28.6. The van der Waals surface area contributed by atoms with Gasteiger partial charge < -0.3 is 9.80 Å². The van der Waals surface area contributed by atoms with Gasteiger partial charge in [-0.1, -0.05) is 0 Å². The third-order valence-corrected chi connectivity index (χ3v) is 6.80. The Hall–Kier alpha value is -1.97. The lowest BCUT2D eigenvalue weighted by Crippen LogP contribution is -2.48. The zero-order valence-corrected chi connectivity index (χ0v) is 15.0. The summed E-state index contributed by atoms with van der Waals surface area (Å²) in [6.07, 6.45) is 3.83. The van der Waals surface area contributed by atoms with E-state index >= 15 is 0 Å². The predicted molar refractivity (Wildman–Crippen MR) is 98.7 cm³/mol. The lowest BCUT2D eigenvalue weighted by molar-refractivity contribution is 0.0751. The predicted octanol–water partition coefficient (Wildman–Crippen LogP) is 3.03. The topological polar surface area (TPSA) is 53.7 Å². The van der Waals surface area contributed by atoms with E-state index in [4.69, 9.17) is 0 Å². The monoisotopic (exact) mass is 375 g/mol. The smallest absolute Gasteiger partial charge is 0.264 e. The number of nitrogens with zero attached hydrogens (tertiary/aromatic N) is 5. The van der Waals surface area contributed by atoms with Gasteiger partial charge in [0.25, 0.3) is 5.91 Å². The molecule has 1 aliphatic rings. The van der Waals surface area contributed by atoms with E-state index < -0.39 is 0 Å². The first kappa shape index (κ1) is 14.4. The van der Waals surface area contributed by atoms with E-state index in [0.29, 0.717) is 0 Å². The Labute approximate surface area is 149 Å². The Bertz CT molecular complexity index is 1010. The highest BCUT2D eigenvalue weighted by Crippen LogP contribution is 2.29. The van der Waals surface area contributed by atoms with Gasteiger partial charge in [-0.05, 0) is 6.07 Å². The summed E-state index contributed by atoms with van der Waals surface area (Å²) in [6, 6.07) is 1.97. The Morgan fingerprint density at radius 1 is 1.12 bits per heavy atom. The molecule has 4 aromatic heterocycles. The maximum absolute atomic E-state index is 12.8. The van der Waals surface area contributed by atoms with Gasteiger partial charge in [0.2, 0.25) is 0 Å². The van der Waals surface area contributed by atoms with Gasteiger partial charge >= 0.3 is 0 Å². The molecule has 0 bridgehead atoms. The van der Waals surface area contributed by atoms with Gasteiger partial charge in [-0.15, -0.1) is 34.0 Å². The van der Waals surface area contributed by atoms with Crippen LogP contribution in [-0.4, -0.2) is 51.4 Å². The number of imidazole rings is 1. The minimum Gasteiger partial charge on any atom is -0.345 e. The van der Waals surface area contributed by atoms with Gasteiger partial charge in [-0.3, -0.25) is 9.20 Å². The zero-order valence-electron chi connectivity index (χ0n) is 12.6. The fraction of sp³-hybridized carbons (Fsp3) is 0.267. The van der Waals surface area contributed by atoms with Crippen molar-refractivity contribution in [1.82, 2.24) is 19.3 Å². The van der Waals surface area contributed by atoms with Gasteiger partial charge in [0.05, 0.1) is 10.4 Å². The number of thiazole rings is 2. The van der Waals surface area contributed by atoms with E-state index in [-0.39, 0.29) is 5.91 Å².